The number of carbonyl (C=O) groups is 2. The number of rotatable bonds is 1. The number of carbonyl (C=O) groups excluding carboxylic acids is 2. The van der Waals surface area contributed by atoms with Gasteiger partial charge in [0.2, 0.25) is 0 Å². The fourth-order valence-electron chi connectivity index (χ4n) is 2.18. The van der Waals surface area contributed by atoms with Crippen LogP contribution in [0.1, 0.15) is 25.7 Å². The minimum Gasteiger partial charge on any atom is -0.334 e. The fourth-order valence-corrected chi connectivity index (χ4v) is 2.64. The second-order valence-corrected chi connectivity index (χ2v) is 5.63. The van der Waals surface area contributed by atoms with Crippen molar-refractivity contribution in [2.75, 3.05) is 18.4 Å². The van der Waals surface area contributed by atoms with Crippen LogP contribution in [0.25, 0.3) is 0 Å². The Bertz CT molecular complexity index is 512. The van der Waals surface area contributed by atoms with Crippen LogP contribution in [0.3, 0.4) is 0 Å². The van der Waals surface area contributed by atoms with Crippen LogP contribution in [0.5, 0.6) is 0 Å². The molecule has 0 unspecified atom stereocenters. The number of nitrogens with one attached hydrogen (secondary N) is 1. The summed E-state index contributed by atoms with van der Waals surface area (Å²) in [6, 6.07) is 4.72. The Kier molecular flexibility index (Phi) is 5.26. The lowest BCUT2D eigenvalue weighted by Gasteiger charge is -2.19. The Morgan fingerprint density at radius 1 is 1.05 bits per heavy atom. The highest BCUT2D eigenvalue weighted by molar-refractivity contribution is 6.42. The van der Waals surface area contributed by atoms with Gasteiger partial charge in [-0.15, -0.1) is 0 Å². The Labute approximate surface area is 128 Å². The summed E-state index contributed by atoms with van der Waals surface area (Å²) < 4.78 is 0. The van der Waals surface area contributed by atoms with Crippen LogP contribution in [0.2, 0.25) is 10.0 Å². The summed E-state index contributed by atoms with van der Waals surface area (Å²) in [5, 5.41) is 3.33. The zero-order valence-corrected chi connectivity index (χ0v) is 12.5. The number of halogens is 2. The summed E-state index contributed by atoms with van der Waals surface area (Å²) in [5.74, 6) is -1.16. The first-order valence-electron chi connectivity index (χ1n) is 6.63. The summed E-state index contributed by atoms with van der Waals surface area (Å²) in [7, 11) is 0. The molecule has 0 bridgehead atoms. The molecule has 1 aliphatic rings. The molecule has 6 heteroatoms. The van der Waals surface area contributed by atoms with E-state index in [1.807, 2.05) is 0 Å². The third-order valence-corrected chi connectivity index (χ3v) is 3.81. The Morgan fingerprint density at radius 3 is 2.30 bits per heavy atom. The number of hydrogen-bond donors (Lipinski definition) is 1. The molecule has 0 atom stereocenters. The minimum absolute atomic E-state index is 0.314. The first-order valence-corrected chi connectivity index (χ1v) is 7.39. The van der Waals surface area contributed by atoms with Crippen molar-refractivity contribution >= 4 is 40.7 Å². The smallest absolute Gasteiger partial charge is 0.313 e. The fraction of sp³-hybridized carbons (Fsp3) is 0.429. The molecule has 0 spiro atoms. The molecular weight excluding hydrogens is 299 g/mol. The number of anilines is 1. The Morgan fingerprint density at radius 2 is 1.70 bits per heavy atom. The van der Waals surface area contributed by atoms with Crippen LogP contribution < -0.4 is 5.32 Å². The summed E-state index contributed by atoms with van der Waals surface area (Å²) in [4.78, 5) is 25.6. The van der Waals surface area contributed by atoms with Crippen LogP contribution in [-0.2, 0) is 9.59 Å². The van der Waals surface area contributed by atoms with Crippen LogP contribution in [0, 0.1) is 0 Å². The van der Waals surface area contributed by atoms with E-state index >= 15 is 0 Å². The van der Waals surface area contributed by atoms with Crippen molar-refractivity contribution in [1.82, 2.24) is 4.90 Å². The number of likely N-dealkylation sites (tertiary alicyclic amines) is 1. The van der Waals surface area contributed by atoms with Gasteiger partial charge >= 0.3 is 11.8 Å². The maximum Gasteiger partial charge on any atom is 0.313 e. The topological polar surface area (TPSA) is 49.4 Å². The van der Waals surface area contributed by atoms with Crippen molar-refractivity contribution in [2.24, 2.45) is 0 Å². The highest BCUT2D eigenvalue weighted by atomic mass is 35.5. The Balaban J connectivity index is 2.01. The van der Waals surface area contributed by atoms with Crippen LogP contribution in [0.4, 0.5) is 5.69 Å². The first kappa shape index (κ1) is 15.1. The quantitative estimate of drug-likeness (QED) is 0.808. The van der Waals surface area contributed by atoms with Gasteiger partial charge in [0.25, 0.3) is 0 Å². The summed E-state index contributed by atoms with van der Waals surface area (Å²) in [6.07, 6.45) is 4.10. The molecule has 4 nitrogen and oxygen atoms in total. The molecule has 1 heterocycles. The molecule has 1 N–H and O–H groups in total. The van der Waals surface area contributed by atoms with Gasteiger partial charge in [0.15, 0.2) is 0 Å². The van der Waals surface area contributed by atoms with Crippen molar-refractivity contribution in [2.45, 2.75) is 25.7 Å². The molecule has 1 fully saturated rings. The largest absolute Gasteiger partial charge is 0.334 e. The van der Waals surface area contributed by atoms with E-state index in [9.17, 15) is 9.59 Å². The molecule has 20 heavy (non-hydrogen) atoms. The van der Waals surface area contributed by atoms with Gasteiger partial charge in [-0.3, -0.25) is 9.59 Å². The number of nitrogens with zero attached hydrogens (tertiary/aromatic N) is 1. The van der Waals surface area contributed by atoms with Crippen molar-refractivity contribution in [3.05, 3.63) is 28.2 Å². The van der Waals surface area contributed by atoms with Crippen LogP contribution in [0.15, 0.2) is 18.2 Å². The first-order chi connectivity index (χ1) is 9.58. The Hall–Kier alpha value is -1.26. The molecular formula is C14H16Cl2N2O2. The van der Waals surface area contributed by atoms with Crippen LogP contribution >= 0.6 is 23.2 Å². The molecule has 1 aromatic rings. The van der Waals surface area contributed by atoms with E-state index < -0.39 is 11.8 Å². The standard InChI is InChI=1S/C14H16Cl2N2O2/c15-10-5-6-12(11(16)9-10)17-13(19)14(20)18-7-3-1-2-4-8-18/h5-6,9H,1-4,7-8H2,(H,17,19). The van der Waals surface area contributed by atoms with E-state index in [2.05, 4.69) is 5.32 Å². The maximum atomic E-state index is 12.1. The molecule has 0 saturated carbocycles. The monoisotopic (exact) mass is 314 g/mol. The average molecular weight is 315 g/mol. The molecule has 1 aliphatic heterocycles. The van der Waals surface area contributed by atoms with Gasteiger partial charge in [-0.1, -0.05) is 36.0 Å². The van der Waals surface area contributed by atoms with Crippen LogP contribution in [-0.4, -0.2) is 29.8 Å². The summed E-state index contributed by atoms with van der Waals surface area (Å²) in [6.45, 7) is 1.28. The predicted octanol–water partition coefficient (Wildman–Crippen LogP) is 3.33. The van der Waals surface area contributed by atoms with E-state index in [0.717, 1.165) is 25.7 Å². The number of benzene rings is 1. The van der Waals surface area contributed by atoms with Gasteiger partial charge < -0.3 is 10.2 Å². The highest BCUT2D eigenvalue weighted by Crippen LogP contribution is 2.25. The molecule has 2 rings (SSSR count). The zero-order chi connectivity index (χ0) is 14.5. The molecule has 1 saturated heterocycles. The van der Waals surface area contributed by atoms with Crippen molar-refractivity contribution < 1.29 is 9.59 Å². The molecule has 1 aromatic carbocycles. The molecule has 0 radical (unpaired) electrons. The summed E-state index contributed by atoms with van der Waals surface area (Å²) in [5.41, 5.74) is 0.393. The van der Waals surface area contributed by atoms with Crippen molar-refractivity contribution in [3.63, 3.8) is 0 Å². The molecule has 0 aliphatic carbocycles. The highest BCUT2D eigenvalue weighted by Gasteiger charge is 2.23. The predicted molar refractivity (Wildman–Crippen MR) is 80.1 cm³/mol. The molecule has 2 amide bonds. The van der Waals surface area contributed by atoms with Crippen molar-refractivity contribution in [1.29, 1.82) is 0 Å². The van der Waals surface area contributed by atoms with E-state index in [1.165, 1.54) is 6.07 Å². The van der Waals surface area contributed by atoms with Gasteiger partial charge in [0.1, 0.15) is 0 Å². The number of hydrogen-bond acceptors (Lipinski definition) is 2. The van der Waals surface area contributed by atoms with Gasteiger partial charge in [-0.25, -0.2) is 0 Å². The van der Waals surface area contributed by atoms with Gasteiger partial charge in [0.05, 0.1) is 10.7 Å². The van der Waals surface area contributed by atoms with Crippen molar-refractivity contribution in [3.8, 4) is 0 Å². The van der Waals surface area contributed by atoms with E-state index in [-0.39, 0.29) is 0 Å². The molecule has 0 aromatic heterocycles. The maximum absolute atomic E-state index is 12.1. The lowest BCUT2D eigenvalue weighted by Crippen LogP contribution is -2.40. The van der Waals surface area contributed by atoms with Gasteiger partial charge in [0, 0.05) is 18.1 Å². The lowest BCUT2D eigenvalue weighted by molar-refractivity contribution is -0.143. The lowest BCUT2D eigenvalue weighted by atomic mass is 10.2. The SMILES string of the molecule is O=C(Nc1ccc(Cl)cc1Cl)C(=O)N1CCCCCC1. The van der Waals surface area contributed by atoms with E-state index in [0.29, 0.717) is 28.8 Å². The average Bonchev–Trinajstić information content (AvgIpc) is 2.70. The zero-order valence-electron chi connectivity index (χ0n) is 11.0. The molecule has 108 valence electrons. The summed E-state index contributed by atoms with van der Waals surface area (Å²) >= 11 is 11.7. The van der Waals surface area contributed by atoms with Gasteiger partial charge in [-0.05, 0) is 31.0 Å². The van der Waals surface area contributed by atoms with Gasteiger partial charge in [-0.2, -0.15) is 0 Å². The normalized spacial score (nSPS) is 15.6. The van der Waals surface area contributed by atoms with E-state index in [4.69, 9.17) is 23.2 Å². The third-order valence-electron chi connectivity index (χ3n) is 3.27. The number of amides is 2. The second kappa shape index (κ2) is 6.95. The van der Waals surface area contributed by atoms with E-state index in [1.54, 1.807) is 17.0 Å². The second-order valence-electron chi connectivity index (χ2n) is 4.78. The third kappa shape index (κ3) is 3.87. The minimum atomic E-state index is -0.656.